The van der Waals surface area contributed by atoms with Crippen LogP contribution in [0.15, 0.2) is 12.2 Å². The summed E-state index contributed by atoms with van der Waals surface area (Å²) < 4.78 is 32.3. The van der Waals surface area contributed by atoms with E-state index in [-0.39, 0.29) is 6.42 Å². The molecule has 2 N–H and O–H groups in total. The molecular weight excluding hydrogens is 398 g/mol. The maximum absolute atomic E-state index is 12.7. The molecule has 0 aliphatic heterocycles. The Balaban J connectivity index is 3.49. The molecule has 0 heterocycles. The van der Waals surface area contributed by atoms with Gasteiger partial charge >= 0.3 is 13.8 Å². The van der Waals surface area contributed by atoms with Crippen molar-refractivity contribution in [1.82, 2.24) is 0 Å². The number of hydrogen-bond donors (Lipinski definition) is 2. The summed E-state index contributed by atoms with van der Waals surface area (Å²) in [6.45, 7) is 0.536. The number of unbranched alkanes of at least 4 members (excludes halogenated alkanes) is 11. The molecule has 0 aliphatic carbocycles. The summed E-state index contributed by atoms with van der Waals surface area (Å²) in [6.07, 6.45) is 18.5. The van der Waals surface area contributed by atoms with Gasteiger partial charge < -0.3 is 14.5 Å². The normalized spacial score (nSPS) is 13.1. The number of allylic oxidation sites excluding steroid dienone is 2. The maximum atomic E-state index is 12.7. The van der Waals surface area contributed by atoms with Crippen LogP contribution >= 0.6 is 7.82 Å². The lowest BCUT2D eigenvalue weighted by Crippen LogP contribution is -2.25. The first-order valence-corrected chi connectivity index (χ1v) is 12.5. The third-order valence-electron chi connectivity index (χ3n) is 4.54. The van der Waals surface area contributed by atoms with E-state index in [2.05, 4.69) is 23.6 Å². The summed E-state index contributed by atoms with van der Waals surface area (Å²) in [6, 6.07) is 0. The molecule has 0 bridgehead atoms. The molecule has 0 aromatic heterocycles. The molecule has 0 rings (SSSR count). The monoisotopic (exact) mass is 438 g/mol. The molecule has 6 nitrogen and oxygen atoms in total. The van der Waals surface area contributed by atoms with Gasteiger partial charge in [0.25, 0.3) is 0 Å². The summed E-state index contributed by atoms with van der Waals surface area (Å²) in [7, 11) is -4.69. The van der Waals surface area contributed by atoms with Crippen molar-refractivity contribution in [2.45, 2.75) is 103 Å². The van der Waals surface area contributed by atoms with Crippen molar-refractivity contribution in [3.05, 3.63) is 12.2 Å². The fraction of sp³-hybridized carbons (Fsp3) is 0.857. The fourth-order valence-electron chi connectivity index (χ4n) is 2.88. The largest absolute Gasteiger partial charge is 0.469 e. The number of rotatable bonds is 20. The van der Waals surface area contributed by atoms with Crippen molar-refractivity contribution in [2.75, 3.05) is 13.3 Å². The molecule has 1 atom stereocenters. The Hall–Kier alpha value is -0.750. The van der Waals surface area contributed by atoms with Gasteiger partial charge in [0, 0.05) is 6.42 Å². The number of phosphoric acid groups is 1. The van der Waals surface area contributed by atoms with Crippen molar-refractivity contribution in [2.24, 2.45) is 0 Å². The minimum atomic E-state index is -4.69. The van der Waals surface area contributed by atoms with Crippen molar-refractivity contribution in [3.8, 4) is 0 Å². The van der Waals surface area contributed by atoms with Gasteiger partial charge in [0.15, 0.2) is 6.10 Å². The average molecular weight is 439 g/mol. The quantitative estimate of drug-likeness (QED) is 0.105. The lowest BCUT2D eigenvalue weighted by molar-refractivity contribution is -0.152. The van der Waals surface area contributed by atoms with Gasteiger partial charge in [-0.25, -0.2) is 8.96 Å². The van der Waals surface area contributed by atoms with Crippen molar-refractivity contribution in [3.63, 3.8) is 0 Å². The minimum absolute atomic E-state index is 0.171. The van der Waals surface area contributed by atoms with Crippen LogP contribution in [0.1, 0.15) is 96.8 Å². The molecule has 29 heavy (non-hydrogen) atoms. The second kappa shape index (κ2) is 19.2. The number of carbonyl (C=O) groups is 1. The fourth-order valence-corrected chi connectivity index (χ4v) is 3.24. The molecule has 8 heteroatoms. The van der Waals surface area contributed by atoms with Crippen LogP contribution in [0.4, 0.5) is 4.39 Å². The van der Waals surface area contributed by atoms with E-state index in [4.69, 9.17) is 14.5 Å². The number of esters is 1. The van der Waals surface area contributed by atoms with E-state index in [9.17, 15) is 13.8 Å². The molecular formula is C21H40FO6P. The highest BCUT2D eigenvalue weighted by molar-refractivity contribution is 7.46. The highest BCUT2D eigenvalue weighted by Crippen LogP contribution is 2.35. The summed E-state index contributed by atoms with van der Waals surface area (Å²) in [5.74, 6) is -0.570. The maximum Gasteiger partial charge on any atom is 0.469 e. The van der Waals surface area contributed by atoms with E-state index < -0.39 is 33.2 Å². The molecule has 0 spiro atoms. The Morgan fingerprint density at radius 2 is 1.45 bits per heavy atom. The lowest BCUT2D eigenvalue weighted by Gasteiger charge is -2.15. The number of hydrogen-bond acceptors (Lipinski definition) is 4. The Labute approximate surface area is 175 Å². The van der Waals surface area contributed by atoms with E-state index in [1.807, 2.05) is 0 Å². The summed E-state index contributed by atoms with van der Waals surface area (Å²) in [4.78, 5) is 28.8. The molecule has 0 aromatic rings. The van der Waals surface area contributed by atoms with E-state index in [0.29, 0.717) is 6.42 Å². The van der Waals surface area contributed by atoms with Crippen LogP contribution in [-0.4, -0.2) is 35.1 Å². The number of alkyl halides is 1. The van der Waals surface area contributed by atoms with Crippen molar-refractivity contribution in [1.29, 1.82) is 0 Å². The minimum Gasteiger partial charge on any atom is -0.457 e. The van der Waals surface area contributed by atoms with Crippen LogP contribution in [-0.2, 0) is 18.6 Å². The second-order valence-corrected chi connectivity index (χ2v) is 8.63. The molecule has 0 saturated carbocycles. The van der Waals surface area contributed by atoms with Gasteiger partial charge in [0.05, 0.1) is 6.61 Å². The molecule has 0 fully saturated rings. The highest BCUT2D eigenvalue weighted by Gasteiger charge is 2.21. The Morgan fingerprint density at radius 1 is 0.931 bits per heavy atom. The molecule has 0 radical (unpaired) electrons. The predicted molar refractivity (Wildman–Crippen MR) is 113 cm³/mol. The van der Waals surface area contributed by atoms with E-state index in [1.165, 1.54) is 44.9 Å². The van der Waals surface area contributed by atoms with Gasteiger partial charge in [-0.1, -0.05) is 70.4 Å². The first kappa shape index (κ1) is 28.2. The molecule has 0 aromatic carbocycles. The number of halogens is 1. The van der Waals surface area contributed by atoms with Crippen LogP contribution in [0.3, 0.4) is 0 Å². The van der Waals surface area contributed by atoms with Gasteiger partial charge in [0.1, 0.15) is 6.67 Å². The average Bonchev–Trinajstić information content (AvgIpc) is 2.67. The molecule has 1 unspecified atom stereocenters. The van der Waals surface area contributed by atoms with Gasteiger partial charge in [-0.15, -0.1) is 0 Å². The van der Waals surface area contributed by atoms with Crippen LogP contribution in [0.5, 0.6) is 0 Å². The Kier molecular flexibility index (Phi) is 18.7. The van der Waals surface area contributed by atoms with Gasteiger partial charge in [0.2, 0.25) is 0 Å². The molecule has 0 saturated heterocycles. The zero-order valence-electron chi connectivity index (χ0n) is 17.9. The van der Waals surface area contributed by atoms with Crippen LogP contribution in [0.25, 0.3) is 0 Å². The van der Waals surface area contributed by atoms with Crippen LogP contribution in [0, 0.1) is 0 Å². The van der Waals surface area contributed by atoms with Gasteiger partial charge in [-0.3, -0.25) is 9.32 Å². The number of carbonyl (C=O) groups excluding carboxylic acids is 1. The van der Waals surface area contributed by atoms with E-state index in [1.54, 1.807) is 0 Å². The van der Waals surface area contributed by atoms with Crippen molar-refractivity contribution < 1.29 is 32.8 Å². The van der Waals surface area contributed by atoms with Crippen LogP contribution < -0.4 is 0 Å². The third-order valence-corrected chi connectivity index (χ3v) is 5.03. The summed E-state index contributed by atoms with van der Waals surface area (Å²) >= 11 is 0. The smallest absolute Gasteiger partial charge is 0.457 e. The molecule has 0 aliphatic rings. The van der Waals surface area contributed by atoms with Crippen LogP contribution in [0.2, 0.25) is 0 Å². The predicted octanol–water partition coefficient (Wildman–Crippen LogP) is 6.01. The Bertz CT molecular complexity index is 466. The SMILES string of the molecule is CCCCCCCC/C=C\CCCCCCCC(=O)OC(CF)COP(=O)(O)O. The first-order valence-electron chi connectivity index (χ1n) is 11.0. The van der Waals surface area contributed by atoms with Gasteiger partial charge in [-0.2, -0.15) is 0 Å². The Morgan fingerprint density at radius 3 is 1.97 bits per heavy atom. The van der Waals surface area contributed by atoms with E-state index >= 15 is 0 Å². The standard InChI is InChI=1S/C21H40FO6P/c1-2-3-4-5-6-7-8-9-10-11-12-13-14-15-16-17-21(23)28-20(18-22)19-27-29(24,25)26/h9-10,20H,2-8,11-19H2,1H3,(H2,24,25,26)/b10-9-. The number of ether oxygens (including phenoxy) is 1. The highest BCUT2D eigenvalue weighted by atomic mass is 31.2. The lowest BCUT2D eigenvalue weighted by atomic mass is 10.1. The van der Waals surface area contributed by atoms with Gasteiger partial charge in [-0.05, 0) is 32.1 Å². The topological polar surface area (TPSA) is 93.1 Å². The zero-order chi connectivity index (χ0) is 21.8. The molecule has 0 amide bonds. The third kappa shape index (κ3) is 21.8. The molecule has 172 valence electrons. The summed E-state index contributed by atoms with van der Waals surface area (Å²) in [5, 5.41) is 0. The van der Waals surface area contributed by atoms with E-state index in [0.717, 1.165) is 32.1 Å². The number of phosphoric ester groups is 1. The van der Waals surface area contributed by atoms with Crippen molar-refractivity contribution >= 4 is 13.8 Å². The zero-order valence-corrected chi connectivity index (χ0v) is 18.8. The first-order chi connectivity index (χ1) is 13.9. The summed E-state index contributed by atoms with van der Waals surface area (Å²) in [5.41, 5.74) is 0. The second-order valence-electron chi connectivity index (χ2n) is 7.39.